The molecule has 3 nitrogen and oxygen atoms in total. The first-order chi connectivity index (χ1) is 5.20. The summed E-state index contributed by atoms with van der Waals surface area (Å²) in [7, 11) is 1.90. The van der Waals surface area contributed by atoms with Gasteiger partial charge in [-0.2, -0.15) is 0 Å². The molecule has 1 N–H and O–H groups in total. The van der Waals surface area contributed by atoms with E-state index >= 15 is 0 Å². The van der Waals surface area contributed by atoms with Crippen LogP contribution in [0.2, 0.25) is 0 Å². The van der Waals surface area contributed by atoms with Crippen molar-refractivity contribution in [1.82, 2.24) is 4.98 Å². The molecular weight excluding hydrogens is 139 g/mol. The summed E-state index contributed by atoms with van der Waals surface area (Å²) in [5, 5.41) is 2.62. The standard InChI is InChI=1S/C7H9BN2O/c1-5(11)10-7-6(8)3-2-4-9-7/h2-4H,8H2,1H3,(H,9,10,11). The summed E-state index contributed by atoms with van der Waals surface area (Å²) >= 11 is 0. The van der Waals surface area contributed by atoms with Crippen molar-refractivity contribution in [3.63, 3.8) is 0 Å². The molecule has 4 heteroatoms. The third kappa shape index (κ3) is 2.07. The highest BCUT2D eigenvalue weighted by atomic mass is 16.1. The SMILES string of the molecule is Bc1cccnc1NC(C)=O. The number of carbonyl (C=O) groups is 1. The summed E-state index contributed by atoms with van der Waals surface area (Å²) in [6.45, 7) is 1.47. The minimum Gasteiger partial charge on any atom is -0.311 e. The zero-order chi connectivity index (χ0) is 8.27. The Balaban J connectivity index is 2.86. The normalized spacial score (nSPS) is 9.18. The summed E-state index contributed by atoms with van der Waals surface area (Å²) in [6.07, 6.45) is 1.65. The number of nitrogens with one attached hydrogen (secondary N) is 1. The monoisotopic (exact) mass is 148 g/mol. The lowest BCUT2D eigenvalue weighted by atomic mass is 9.97. The fourth-order valence-electron chi connectivity index (χ4n) is 0.783. The highest BCUT2D eigenvalue weighted by Gasteiger charge is 1.97. The van der Waals surface area contributed by atoms with Gasteiger partial charge in [0.1, 0.15) is 13.7 Å². The Morgan fingerprint density at radius 1 is 1.73 bits per heavy atom. The van der Waals surface area contributed by atoms with Crippen LogP contribution >= 0.6 is 0 Å². The highest BCUT2D eigenvalue weighted by molar-refractivity contribution is 6.35. The minimum atomic E-state index is -0.0909. The number of anilines is 1. The molecule has 1 aromatic heterocycles. The maximum atomic E-state index is 10.6. The molecule has 0 bridgehead atoms. The van der Waals surface area contributed by atoms with Crippen LogP contribution in [-0.4, -0.2) is 18.7 Å². The molecular formula is C7H9BN2O. The molecule has 1 rings (SSSR count). The van der Waals surface area contributed by atoms with Crippen molar-refractivity contribution in [3.05, 3.63) is 18.3 Å². The van der Waals surface area contributed by atoms with E-state index in [1.54, 1.807) is 6.20 Å². The van der Waals surface area contributed by atoms with Gasteiger partial charge in [0, 0.05) is 13.1 Å². The van der Waals surface area contributed by atoms with E-state index < -0.39 is 0 Å². The van der Waals surface area contributed by atoms with Gasteiger partial charge in [0.25, 0.3) is 0 Å². The zero-order valence-corrected chi connectivity index (χ0v) is 6.59. The van der Waals surface area contributed by atoms with Gasteiger partial charge >= 0.3 is 0 Å². The van der Waals surface area contributed by atoms with Gasteiger partial charge in [-0.25, -0.2) is 4.98 Å². The van der Waals surface area contributed by atoms with E-state index in [1.807, 2.05) is 20.0 Å². The third-order valence-corrected chi connectivity index (χ3v) is 1.30. The van der Waals surface area contributed by atoms with Crippen molar-refractivity contribution in [2.24, 2.45) is 0 Å². The van der Waals surface area contributed by atoms with E-state index in [1.165, 1.54) is 6.92 Å². The smallest absolute Gasteiger partial charge is 0.222 e. The third-order valence-electron chi connectivity index (χ3n) is 1.30. The summed E-state index contributed by atoms with van der Waals surface area (Å²) in [6, 6.07) is 3.74. The van der Waals surface area contributed by atoms with Gasteiger partial charge in [0.15, 0.2) is 0 Å². The molecule has 1 heterocycles. The van der Waals surface area contributed by atoms with Crippen molar-refractivity contribution in [3.8, 4) is 0 Å². The van der Waals surface area contributed by atoms with Crippen LogP contribution in [0.3, 0.4) is 0 Å². The minimum absolute atomic E-state index is 0.0909. The summed E-state index contributed by atoms with van der Waals surface area (Å²) < 4.78 is 0. The van der Waals surface area contributed by atoms with Gasteiger partial charge in [-0.15, -0.1) is 0 Å². The van der Waals surface area contributed by atoms with Crippen LogP contribution in [0.15, 0.2) is 18.3 Å². The van der Waals surface area contributed by atoms with E-state index in [0.29, 0.717) is 5.82 Å². The molecule has 0 aliphatic heterocycles. The van der Waals surface area contributed by atoms with E-state index in [2.05, 4.69) is 10.3 Å². The van der Waals surface area contributed by atoms with Gasteiger partial charge < -0.3 is 5.32 Å². The lowest BCUT2D eigenvalue weighted by Gasteiger charge is -2.02. The first-order valence-electron chi connectivity index (χ1n) is 3.39. The number of hydrogen-bond acceptors (Lipinski definition) is 2. The first kappa shape index (κ1) is 7.79. The second-order valence-electron chi connectivity index (χ2n) is 2.35. The molecule has 0 fully saturated rings. The molecule has 0 aromatic carbocycles. The maximum Gasteiger partial charge on any atom is 0.222 e. The number of nitrogens with zero attached hydrogens (tertiary/aromatic N) is 1. The number of hydrogen-bond donors (Lipinski definition) is 1. The molecule has 0 aliphatic carbocycles. The van der Waals surface area contributed by atoms with Crippen LogP contribution in [0, 0.1) is 0 Å². The predicted octanol–water partition coefficient (Wildman–Crippen LogP) is -0.702. The average molecular weight is 148 g/mol. The molecule has 0 spiro atoms. The molecule has 0 atom stereocenters. The van der Waals surface area contributed by atoms with E-state index in [4.69, 9.17) is 0 Å². The Morgan fingerprint density at radius 2 is 2.45 bits per heavy atom. The lowest BCUT2D eigenvalue weighted by Crippen LogP contribution is -2.17. The van der Waals surface area contributed by atoms with Gasteiger partial charge in [-0.1, -0.05) is 6.07 Å². The molecule has 1 amide bonds. The highest BCUT2D eigenvalue weighted by Crippen LogP contribution is 1.94. The molecule has 0 radical (unpaired) electrons. The summed E-state index contributed by atoms with van der Waals surface area (Å²) in [5.41, 5.74) is 0.975. The van der Waals surface area contributed by atoms with Gasteiger partial charge in [0.05, 0.1) is 0 Å². The van der Waals surface area contributed by atoms with Crippen LogP contribution in [0.4, 0.5) is 5.82 Å². The number of rotatable bonds is 1. The topological polar surface area (TPSA) is 42.0 Å². The van der Waals surface area contributed by atoms with Crippen molar-refractivity contribution in [2.75, 3.05) is 5.32 Å². The number of aromatic nitrogens is 1. The largest absolute Gasteiger partial charge is 0.311 e. The fourth-order valence-corrected chi connectivity index (χ4v) is 0.783. The van der Waals surface area contributed by atoms with Crippen LogP contribution < -0.4 is 10.8 Å². The Hall–Kier alpha value is -1.32. The number of carbonyl (C=O) groups excluding carboxylic acids is 1. The van der Waals surface area contributed by atoms with Crippen molar-refractivity contribution < 1.29 is 4.79 Å². The maximum absolute atomic E-state index is 10.6. The van der Waals surface area contributed by atoms with Crippen LogP contribution in [0.5, 0.6) is 0 Å². The van der Waals surface area contributed by atoms with Crippen molar-refractivity contribution >= 4 is 25.0 Å². The zero-order valence-electron chi connectivity index (χ0n) is 6.59. The van der Waals surface area contributed by atoms with Gasteiger partial charge in [0.2, 0.25) is 5.91 Å². The molecule has 1 aromatic rings. The second kappa shape index (κ2) is 3.19. The molecule has 0 unspecified atom stereocenters. The Kier molecular flexibility index (Phi) is 2.26. The molecule has 0 aliphatic rings. The van der Waals surface area contributed by atoms with Crippen LogP contribution in [0.1, 0.15) is 6.92 Å². The van der Waals surface area contributed by atoms with Crippen LogP contribution in [0.25, 0.3) is 0 Å². The van der Waals surface area contributed by atoms with Crippen molar-refractivity contribution in [2.45, 2.75) is 6.92 Å². The average Bonchev–Trinajstić information content (AvgIpc) is 1.93. The summed E-state index contributed by atoms with van der Waals surface area (Å²) in [5.74, 6) is 0.548. The molecule has 0 saturated heterocycles. The number of pyridine rings is 1. The fraction of sp³-hybridized carbons (Fsp3) is 0.143. The van der Waals surface area contributed by atoms with Gasteiger partial charge in [-0.3, -0.25) is 4.79 Å². The predicted molar refractivity (Wildman–Crippen MR) is 46.7 cm³/mol. The van der Waals surface area contributed by atoms with Gasteiger partial charge in [-0.05, 0) is 11.5 Å². The molecule has 56 valence electrons. The number of amides is 1. The van der Waals surface area contributed by atoms with Crippen LogP contribution in [-0.2, 0) is 4.79 Å². The Bertz CT molecular complexity index is 275. The second-order valence-corrected chi connectivity index (χ2v) is 2.35. The Morgan fingerprint density at radius 3 is 3.00 bits per heavy atom. The summed E-state index contributed by atoms with van der Waals surface area (Å²) in [4.78, 5) is 14.6. The van der Waals surface area contributed by atoms with E-state index in [0.717, 1.165) is 5.46 Å². The van der Waals surface area contributed by atoms with E-state index in [9.17, 15) is 4.79 Å². The van der Waals surface area contributed by atoms with Crippen molar-refractivity contribution in [1.29, 1.82) is 0 Å². The Labute approximate surface area is 66.2 Å². The molecule has 0 saturated carbocycles. The first-order valence-corrected chi connectivity index (χ1v) is 3.39. The van der Waals surface area contributed by atoms with E-state index in [-0.39, 0.29) is 5.91 Å². The molecule has 11 heavy (non-hydrogen) atoms. The lowest BCUT2D eigenvalue weighted by molar-refractivity contribution is -0.114. The quantitative estimate of drug-likeness (QED) is 0.535.